The van der Waals surface area contributed by atoms with Gasteiger partial charge in [-0.05, 0) is 25.2 Å². The third-order valence-electron chi connectivity index (χ3n) is 4.45. The van der Waals surface area contributed by atoms with Crippen molar-refractivity contribution in [3.63, 3.8) is 0 Å². The Labute approximate surface area is 131 Å². The van der Waals surface area contributed by atoms with E-state index in [4.69, 9.17) is 0 Å². The second-order valence-corrected chi connectivity index (χ2v) is 7.71. The topological polar surface area (TPSA) is 33.2 Å². The Morgan fingerprint density at radius 3 is 2.68 bits per heavy atom. The van der Waals surface area contributed by atoms with E-state index in [1.165, 1.54) is 16.2 Å². The minimum atomic E-state index is -4.19. The van der Waals surface area contributed by atoms with Gasteiger partial charge in [0.1, 0.15) is 4.88 Å². The molecule has 0 radical (unpaired) electrons. The van der Waals surface area contributed by atoms with Gasteiger partial charge in [-0.1, -0.05) is 13.8 Å². The van der Waals surface area contributed by atoms with Gasteiger partial charge >= 0.3 is 6.18 Å². The van der Waals surface area contributed by atoms with Gasteiger partial charge < -0.3 is 4.90 Å². The summed E-state index contributed by atoms with van der Waals surface area (Å²) >= 11 is 1.33. The predicted molar refractivity (Wildman–Crippen MR) is 77.9 cm³/mol. The number of likely N-dealkylation sites (tertiary alicyclic amines) is 1. The fraction of sp³-hybridized carbons (Fsp3) is 0.733. The largest absolute Gasteiger partial charge is 0.394 e. The van der Waals surface area contributed by atoms with Gasteiger partial charge in [0.2, 0.25) is 0 Å². The van der Waals surface area contributed by atoms with E-state index in [9.17, 15) is 18.0 Å². The Hall–Kier alpha value is -1.11. The highest BCUT2D eigenvalue weighted by atomic mass is 32.1. The first-order chi connectivity index (χ1) is 10.2. The summed E-state index contributed by atoms with van der Waals surface area (Å²) < 4.78 is 38.6. The molecule has 1 saturated carbocycles. The Kier molecular flexibility index (Phi) is 3.74. The van der Waals surface area contributed by atoms with Crippen LogP contribution in [-0.4, -0.2) is 34.6 Å². The maximum Gasteiger partial charge on any atom is 0.394 e. The van der Waals surface area contributed by atoms with Crippen molar-refractivity contribution in [2.45, 2.75) is 45.8 Å². The number of carbonyl (C=O) groups is 1. The molecule has 0 spiro atoms. The highest BCUT2D eigenvalue weighted by Gasteiger charge is 2.69. The van der Waals surface area contributed by atoms with Crippen LogP contribution >= 0.6 is 11.3 Å². The van der Waals surface area contributed by atoms with E-state index in [0.717, 1.165) is 11.4 Å². The van der Waals surface area contributed by atoms with Crippen molar-refractivity contribution in [3.8, 4) is 0 Å². The molecular weight excluding hydrogens is 313 g/mol. The van der Waals surface area contributed by atoms with Crippen LogP contribution in [0.3, 0.4) is 0 Å². The molecule has 0 bridgehead atoms. The van der Waals surface area contributed by atoms with E-state index < -0.39 is 24.1 Å². The molecule has 7 heteroatoms. The van der Waals surface area contributed by atoms with Crippen LogP contribution in [0.5, 0.6) is 0 Å². The monoisotopic (exact) mass is 332 g/mol. The maximum absolute atomic E-state index is 12.9. The molecule has 3 nitrogen and oxygen atoms in total. The normalized spacial score (nSPS) is 27.4. The van der Waals surface area contributed by atoms with Crippen molar-refractivity contribution in [3.05, 3.63) is 15.6 Å². The lowest BCUT2D eigenvalue weighted by Gasteiger charge is -2.20. The fourth-order valence-corrected chi connectivity index (χ4v) is 4.69. The zero-order valence-corrected chi connectivity index (χ0v) is 13.6. The first-order valence-electron chi connectivity index (χ1n) is 7.54. The van der Waals surface area contributed by atoms with E-state index in [1.807, 2.05) is 0 Å². The third kappa shape index (κ3) is 2.64. The number of halogens is 3. The first kappa shape index (κ1) is 15.8. The molecule has 2 fully saturated rings. The van der Waals surface area contributed by atoms with Crippen LogP contribution in [0, 0.1) is 24.7 Å². The standard InChI is InChI=1S/C15H19F3N2OS/c1-7(2)6-10-19-8(3)13(22-10)14(21)20-5-4-9-11(12(9)20)15(16,17)18/h7,9,11-12H,4-6H2,1-3H3/t9-,11+,12-/m0/s1. The second kappa shape index (κ2) is 5.22. The van der Waals surface area contributed by atoms with E-state index in [1.54, 1.807) is 6.92 Å². The first-order valence-corrected chi connectivity index (χ1v) is 8.35. The summed E-state index contributed by atoms with van der Waals surface area (Å²) in [4.78, 5) is 18.9. The third-order valence-corrected chi connectivity index (χ3v) is 5.61. The molecule has 122 valence electrons. The molecule has 1 aliphatic heterocycles. The number of hydrogen-bond donors (Lipinski definition) is 0. The number of nitrogens with zero attached hydrogens (tertiary/aromatic N) is 2. The number of aromatic nitrogens is 1. The van der Waals surface area contributed by atoms with Crippen LogP contribution in [0.1, 0.15) is 40.6 Å². The van der Waals surface area contributed by atoms with Crippen molar-refractivity contribution in [2.24, 2.45) is 17.8 Å². The van der Waals surface area contributed by atoms with Crippen LogP contribution in [0.25, 0.3) is 0 Å². The number of thiazole rings is 1. The number of hydrogen-bond acceptors (Lipinski definition) is 3. The van der Waals surface area contributed by atoms with Crippen molar-refractivity contribution in [1.29, 1.82) is 0 Å². The van der Waals surface area contributed by atoms with Crippen LogP contribution in [0.4, 0.5) is 13.2 Å². The van der Waals surface area contributed by atoms with Gasteiger partial charge in [0.15, 0.2) is 0 Å². The zero-order chi connectivity index (χ0) is 16.2. The number of rotatable bonds is 3. The smallest absolute Gasteiger partial charge is 0.334 e. The Morgan fingerprint density at radius 2 is 2.14 bits per heavy atom. The van der Waals surface area contributed by atoms with Gasteiger partial charge in [-0.2, -0.15) is 13.2 Å². The van der Waals surface area contributed by atoms with Gasteiger partial charge in [-0.25, -0.2) is 4.98 Å². The molecule has 3 rings (SSSR count). The molecule has 0 N–H and O–H groups in total. The van der Waals surface area contributed by atoms with E-state index in [2.05, 4.69) is 18.8 Å². The maximum atomic E-state index is 12.9. The average molecular weight is 332 g/mol. The Bertz CT molecular complexity index is 596. The molecule has 1 saturated heterocycles. The van der Waals surface area contributed by atoms with Gasteiger partial charge in [0, 0.05) is 19.0 Å². The number of piperidine rings is 1. The van der Waals surface area contributed by atoms with Crippen LogP contribution in [-0.2, 0) is 6.42 Å². The van der Waals surface area contributed by atoms with Gasteiger partial charge in [-0.15, -0.1) is 11.3 Å². The van der Waals surface area contributed by atoms with E-state index >= 15 is 0 Å². The van der Waals surface area contributed by atoms with Crippen molar-refractivity contribution in [2.75, 3.05) is 6.54 Å². The Balaban J connectivity index is 1.77. The summed E-state index contributed by atoms with van der Waals surface area (Å²) in [5.41, 5.74) is 0.637. The summed E-state index contributed by atoms with van der Waals surface area (Å²) in [5, 5.41) is 0.884. The van der Waals surface area contributed by atoms with Crippen LogP contribution in [0.15, 0.2) is 0 Å². The summed E-state index contributed by atoms with van der Waals surface area (Å²) in [6, 6.07) is -0.650. The average Bonchev–Trinajstić information content (AvgIpc) is 2.77. The quantitative estimate of drug-likeness (QED) is 0.846. The van der Waals surface area contributed by atoms with Gasteiger partial charge in [0.05, 0.1) is 16.6 Å². The molecule has 0 unspecified atom stereocenters. The summed E-state index contributed by atoms with van der Waals surface area (Å²) in [6.45, 7) is 6.33. The highest BCUT2D eigenvalue weighted by Crippen LogP contribution is 2.58. The fourth-order valence-electron chi connectivity index (χ4n) is 3.46. The second-order valence-electron chi connectivity index (χ2n) is 6.63. The van der Waals surface area contributed by atoms with Gasteiger partial charge in [0.25, 0.3) is 5.91 Å². The van der Waals surface area contributed by atoms with Crippen molar-refractivity contribution < 1.29 is 18.0 Å². The molecule has 2 heterocycles. The number of carbonyl (C=O) groups excluding carboxylic acids is 1. The summed E-state index contributed by atoms with van der Waals surface area (Å²) in [6.07, 6.45) is -2.95. The van der Waals surface area contributed by atoms with Gasteiger partial charge in [-0.3, -0.25) is 4.79 Å². The minimum absolute atomic E-state index is 0.274. The van der Waals surface area contributed by atoms with E-state index in [0.29, 0.717) is 29.5 Å². The Morgan fingerprint density at radius 1 is 1.45 bits per heavy atom. The molecule has 2 aliphatic rings. The molecule has 1 aromatic rings. The van der Waals surface area contributed by atoms with Crippen LogP contribution < -0.4 is 0 Å². The summed E-state index contributed by atoms with van der Waals surface area (Å²) in [7, 11) is 0. The molecule has 22 heavy (non-hydrogen) atoms. The number of amides is 1. The molecular formula is C15H19F3N2OS. The zero-order valence-electron chi connectivity index (χ0n) is 12.8. The minimum Gasteiger partial charge on any atom is -0.334 e. The molecule has 0 aromatic carbocycles. The van der Waals surface area contributed by atoms with Crippen molar-refractivity contribution >= 4 is 17.2 Å². The molecule has 1 aliphatic carbocycles. The number of alkyl halides is 3. The van der Waals surface area contributed by atoms with E-state index in [-0.39, 0.29) is 5.91 Å². The molecule has 3 atom stereocenters. The van der Waals surface area contributed by atoms with Crippen LogP contribution in [0.2, 0.25) is 0 Å². The number of aryl methyl sites for hydroxylation is 1. The highest BCUT2D eigenvalue weighted by molar-refractivity contribution is 7.13. The lowest BCUT2D eigenvalue weighted by molar-refractivity contribution is -0.156. The molecule has 1 amide bonds. The van der Waals surface area contributed by atoms with Crippen molar-refractivity contribution in [1.82, 2.24) is 9.88 Å². The SMILES string of the molecule is Cc1nc(CC(C)C)sc1C(=O)N1CC[C@@H]2[C@H]1[C@@H]2C(F)(F)F. The predicted octanol–water partition coefficient (Wildman–Crippen LogP) is 3.67. The number of fused-ring (bicyclic) bond motifs is 1. The molecule has 1 aromatic heterocycles. The lowest BCUT2D eigenvalue weighted by atomic mass is 10.1. The summed E-state index contributed by atoms with van der Waals surface area (Å²) in [5.74, 6) is -1.56. The lowest BCUT2D eigenvalue weighted by Crippen LogP contribution is -2.35.